The van der Waals surface area contributed by atoms with Crippen molar-refractivity contribution in [2.75, 3.05) is 0 Å². The monoisotopic (exact) mass is 474 g/mol. The first-order valence-electron chi connectivity index (χ1n) is 8.16. The van der Waals surface area contributed by atoms with E-state index in [1.807, 2.05) is 12.1 Å². The topological polar surface area (TPSA) is 80.3 Å². The molecular formula is C22H12Cl2O4Zn. The molecule has 29 heavy (non-hydrogen) atoms. The molecule has 4 nitrogen and oxygen atoms in total. The van der Waals surface area contributed by atoms with Crippen molar-refractivity contribution in [3.63, 3.8) is 0 Å². The summed E-state index contributed by atoms with van der Waals surface area (Å²) >= 11 is 11.9. The molecule has 0 aliphatic heterocycles. The zero-order valence-corrected chi connectivity index (χ0v) is 19.5. The average Bonchev–Trinajstić information content (AvgIpc) is 2.68. The Morgan fingerprint density at radius 2 is 1.00 bits per heavy atom. The van der Waals surface area contributed by atoms with Crippen LogP contribution in [0.1, 0.15) is 20.7 Å². The molecule has 0 saturated heterocycles. The van der Waals surface area contributed by atoms with Crippen LogP contribution in [0.25, 0.3) is 21.5 Å². The number of fused-ring (bicyclic) bond motifs is 2. The molecule has 0 aliphatic carbocycles. The minimum Gasteiger partial charge on any atom is -0.545 e. The Hall–Kier alpha value is -2.46. The van der Waals surface area contributed by atoms with Gasteiger partial charge in [0.2, 0.25) is 0 Å². The van der Waals surface area contributed by atoms with Gasteiger partial charge in [-0.25, -0.2) is 0 Å². The summed E-state index contributed by atoms with van der Waals surface area (Å²) in [4.78, 5) is 21.2. The predicted molar refractivity (Wildman–Crippen MR) is 107 cm³/mol. The molecule has 4 aromatic rings. The van der Waals surface area contributed by atoms with Crippen molar-refractivity contribution in [3.05, 3.63) is 94.0 Å². The number of rotatable bonds is 2. The molecular weight excluding hydrogens is 465 g/mol. The second-order valence-corrected chi connectivity index (χ2v) is 6.74. The summed E-state index contributed by atoms with van der Waals surface area (Å²) in [6.07, 6.45) is 0. The van der Waals surface area contributed by atoms with E-state index in [0.717, 1.165) is 21.5 Å². The minimum atomic E-state index is -1.17. The molecule has 4 rings (SSSR count). The number of halogens is 2. The second-order valence-electron chi connectivity index (χ2n) is 5.93. The number of carbonyl (C=O) groups is 2. The first-order chi connectivity index (χ1) is 13.4. The Balaban J connectivity index is 0.000000200. The number of benzene rings is 4. The van der Waals surface area contributed by atoms with Gasteiger partial charge in [0, 0.05) is 20.8 Å². The van der Waals surface area contributed by atoms with Crippen LogP contribution in [0.15, 0.2) is 72.8 Å². The molecule has 7 heteroatoms. The summed E-state index contributed by atoms with van der Waals surface area (Å²) in [5.41, 5.74) is 0.333. The summed E-state index contributed by atoms with van der Waals surface area (Å²) in [7, 11) is 0. The number of hydrogen-bond acceptors (Lipinski definition) is 4. The van der Waals surface area contributed by atoms with Gasteiger partial charge in [-0.1, -0.05) is 71.7 Å². The van der Waals surface area contributed by atoms with E-state index >= 15 is 0 Å². The van der Waals surface area contributed by atoms with Gasteiger partial charge in [-0.3, -0.25) is 0 Å². The molecule has 0 saturated carbocycles. The third-order valence-electron chi connectivity index (χ3n) is 4.13. The quantitative estimate of drug-likeness (QED) is 0.413. The maximum absolute atomic E-state index is 10.6. The van der Waals surface area contributed by atoms with Gasteiger partial charge in [0.05, 0.1) is 11.9 Å². The summed E-state index contributed by atoms with van der Waals surface area (Å²) in [6, 6.07) is 20.2. The Bertz CT molecular complexity index is 1110. The number of carboxylic acid groups (broad SMARTS) is 2. The van der Waals surface area contributed by atoms with Crippen LogP contribution in [-0.4, -0.2) is 11.9 Å². The van der Waals surface area contributed by atoms with Gasteiger partial charge in [-0.15, -0.1) is 0 Å². The van der Waals surface area contributed by atoms with Crippen LogP contribution in [0.4, 0.5) is 0 Å². The maximum Gasteiger partial charge on any atom is 2.00 e. The van der Waals surface area contributed by atoms with Gasteiger partial charge in [-0.2, -0.15) is 0 Å². The number of hydrogen-bond donors (Lipinski definition) is 0. The van der Waals surface area contributed by atoms with Crippen molar-refractivity contribution in [2.24, 2.45) is 0 Å². The maximum atomic E-state index is 10.6. The van der Waals surface area contributed by atoms with Crippen LogP contribution in [0, 0.1) is 0 Å². The van der Waals surface area contributed by atoms with Crippen LogP contribution < -0.4 is 10.2 Å². The molecule has 0 aliphatic rings. The van der Waals surface area contributed by atoms with E-state index in [9.17, 15) is 19.8 Å². The number of aromatic carboxylic acids is 2. The molecule has 0 bridgehead atoms. The van der Waals surface area contributed by atoms with E-state index < -0.39 is 11.9 Å². The van der Waals surface area contributed by atoms with E-state index in [0.29, 0.717) is 10.0 Å². The van der Waals surface area contributed by atoms with Crippen molar-refractivity contribution in [3.8, 4) is 0 Å². The van der Waals surface area contributed by atoms with Crippen molar-refractivity contribution < 1.29 is 39.3 Å². The zero-order chi connectivity index (χ0) is 20.3. The number of carbonyl (C=O) groups excluding carboxylic acids is 2. The third-order valence-corrected chi connectivity index (χ3v) is 4.78. The van der Waals surface area contributed by atoms with Gasteiger partial charge < -0.3 is 19.8 Å². The first-order valence-corrected chi connectivity index (χ1v) is 8.91. The Morgan fingerprint density at radius 1 is 0.621 bits per heavy atom. The fourth-order valence-corrected chi connectivity index (χ4v) is 3.23. The Kier molecular flexibility index (Phi) is 7.75. The van der Waals surface area contributed by atoms with E-state index in [-0.39, 0.29) is 30.6 Å². The fourth-order valence-electron chi connectivity index (χ4n) is 2.74. The van der Waals surface area contributed by atoms with Crippen molar-refractivity contribution in [1.82, 2.24) is 0 Å². The number of carboxylic acids is 2. The van der Waals surface area contributed by atoms with E-state index in [2.05, 4.69) is 0 Å². The molecule has 0 spiro atoms. The largest absolute Gasteiger partial charge is 2.00 e. The molecule has 0 aromatic heterocycles. The van der Waals surface area contributed by atoms with Gasteiger partial charge >= 0.3 is 19.5 Å². The molecule has 0 unspecified atom stereocenters. The Labute approximate surface area is 189 Å². The second kappa shape index (κ2) is 9.84. The first kappa shape index (κ1) is 22.8. The molecule has 0 amide bonds. The van der Waals surface area contributed by atoms with Gasteiger partial charge in [-0.05, 0) is 46.2 Å². The predicted octanol–water partition coefficient (Wildman–Crippen LogP) is 3.71. The third kappa shape index (κ3) is 5.33. The van der Waals surface area contributed by atoms with Crippen LogP contribution in [0.3, 0.4) is 0 Å². The summed E-state index contributed by atoms with van der Waals surface area (Å²) in [6.45, 7) is 0. The standard InChI is InChI=1S/2C11H7ClO2.Zn/c2*12-10-3-1-2-7-6-8(11(13)14)4-5-9(7)10;/h2*1-6H,(H,13,14);/q;;+2/p-2. The van der Waals surface area contributed by atoms with Crippen LogP contribution >= 0.6 is 23.2 Å². The molecule has 140 valence electrons. The normalized spacial score (nSPS) is 10.0. The average molecular weight is 477 g/mol. The van der Waals surface area contributed by atoms with Gasteiger partial charge in [0.25, 0.3) is 0 Å². The Morgan fingerprint density at radius 3 is 1.34 bits per heavy atom. The molecule has 0 atom stereocenters. The molecule has 0 radical (unpaired) electrons. The van der Waals surface area contributed by atoms with Crippen LogP contribution in [-0.2, 0) is 19.5 Å². The SMILES string of the molecule is O=C([O-])c1ccc2c(Cl)cccc2c1.O=C([O-])c1ccc2c(Cl)cccc2c1.[Zn+2]. The molecule has 0 fully saturated rings. The molecule has 4 aromatic carbocycles. The van der Waals surface area contributed by atoms with Gasteiger partial charge in [0.15, 0.2) is 0 Å². The molecule has 0 N–H and O–H groups in total. The summed E-state index contributed by atoms with van der Waals surface area (Å²) in [5, 5.41) is 25.7. The van der Waals surface area contributed by atoms with E-state index in [1.54, 1.807) is 48.5 Å². The van der Waals surface area contributed by atoms with Crippen molar-refractivity contribution >= 4 is 56.7 Å². The van der Waals surface area contributed by atoms with Crippen molar-refractivity contribution in [1.29, 1.82) is 0 Å². The fraction of sp³-hybridized carbons (Fsp3) is 0. The summed E-state index contributed by atoms with van der Waals surface area (Å²) < 4.78 is 0. The van der Waals surface area contributed by atoms with Gasteiger partial charge in [0.1, 0.15) is 0 Å². The summed E-state index contributed by atoms with van der Waals surface area (Å²) in [5.74, 6) is -2.35. The smallest absolute Gasteiger partial charge is 0.545 e. The zero-order valence-electron chi connectivity index (χ0n) is 15.0. The van der Waals surface area contributed by atoms with Crippen molar-refractivity contribution in [2.45, 2.75) is 0 Å². The van der Waals surface area contributed by atoms with E-state index in [4.69, 9.17) is 23.2 Å². The van der Waals surface area contributed by atoms with Crippen LogP contribution in [0.2, 0.25) is 10.0 Å². The molecule has 0 heterocycles. The van der Waals surface area contributed by atoms with Crippen LogP contribution in [0.5, 0.6) is 0 Å². The van der Waals surface area contributed by atoms with E-state index in [1.165, 1.54) is 12.1 Å². The minimum absolute atomic E-state index is 0.